The fraction of sp³-hybridized carbons (Fsp3) is 0.250. The van der Waals surface area contributed by atoms with E-state index < -0.39 is 0 Å². The van der Waals surface area contributed by atoms with Crippen LogP contribution in [0.1, 0.15) is 35.5 Å². The second kappa shape index (κ2) is 6.14. The molecule has 0 aliphatic carbocycles. The van der Waals surface area contributed by atoms with Gasteiger partial charge in [-0.15, -0.1) is 0 Å². The third kappa shape index (κ3) is 3.41. The molecule has 1 N–H and O–H groups in total. The van der Waals surface area contributed by atoms with Gasteiger partial charge in [0.25, 0.3) is 0 Å². The highest BCUT2D eigenvalue weighted by Crippen LogP contribution is 2.13. The molecule has 1 aromatic carbocycles. The molecule has 0 saturated heterocycles. The summed E-state index contributed by atoms with van der Waals surface area (Å²) in [5.41, 5.74) is 4.06. The highest BCUT2D eigenvalue weighted by atomic mass is 16.1. The van der Waals surface area contributed by atoms with Gasteiger partial charge in [-0.25, -0.2) is 0 Å². The number of ketones is 1. The third-order valence-electron chi connectivity index (χ3n) is 3.12. The van der Waals surface area contributed by atoms with Crippen LogP contribution >= 0.6 is 0 Å². The van der Waals surface area contributed by atoms with Gasteiger partial charge in [0.1, 0.15) is 0 Å². The Kier molecular flexibility index (Phi) is 4.29. The molecule has 1 heterocycles. The van der Waals surface area contributed by atoms with Crippen LogP contribution in [0.25, 0.3) is 0 Å². The molecule has 2 aromatic rings. The molecular weight excluding hydrogens is 236 g/mol. The molecule has 3 heteroatoms. The normalized spacial score (nSPS) is 10.2. The summed E-state index contributed by atoms with van der Waals surface area (Å²) < 4.78 is 0. The second-order valence-electron chi connectivity index (χ2n) is 4.45. The molecule has 0 amide bonds. The van der Waals surface area contributed by atoms with E-state index >= 15 is 0 Å². The summed E-state index contributed by atoms with van der Waals surface area (Å²) in [6, 6.07) is 11.6. The van der Waals surface area contributed by atoms with Gasteiger partial charge in [0.15, 0.2) is 5.78 Å². The van der Waals surface area contributed by atoms with E-state index in [0.29, 0.717) is 6.54 Å². The number of aromatic nitrogens is 1. The lowest BCUT2D eigenvalue weighted by molar-refractivity contribution is 0.101. The van der Waals surface area contributed by atoms with Crippen molar-refractivity contribution in [1.82, 2.24) is 4.98 Å². The monoisotopic (exact) mass is 254 g/mol. The first-order valence-electron chi connectivity index (χ1n) is 6.48. The molecule has 0 fully saturated rings. The van der Waals surface area contributed by atoms with Crippen LogP contribution < -0.4 is 5.32 Å². The Morgan fingerprint density at radius 2 is 1.95 bits per heavy atom. The number of carbonyl (C=O) groups is 1. The summed E-state index contributed by atoms with van der Waals surface area (Å²) in [6.45, 7) is 4.40. The van der Waals surface area contributed by atoms with Gasteiger partial charge in [-0.1, -0.05) is 13.0 Å². The fourth-order valence-electron chi connectivity index (χ4n) is 1.96. The lowest BCUT2D eigenvalue weighted by Crippen LogP contribution is -2.05. The Bertz CT molecular complexity index is 561. The van der Waals surface area contributed by atoms with Crippen molar-refractivity contribution in [3.05, 3.63) is 59.4 Å². The number of benzene rings is 1. The van der Waals surface area contributed by atoms with Crippen LogP contribution in [0.4, 0.5) is 5.69 Å². The van der Waals surface area contributed by atoms with Crippen molar-refractivity contribution in [3.8, 4) is 0 Å². The summed E-state index contributed by atoms with van der Waals surface area (Å²) in [5, 5.41) is 3.33. The van der Waals surface area contributed by atoms with E-state index in [2.05, 4.69) is 23.3 Å². The summed E-state index contributed by atoms with van der Waals surface area (Å²) >= 11 is 0. The smallest absolute Gasteiger partial charge is 0.159 e. The van der Waals surface area contributed by atoms with Gasteiger partial charge < -0.3 is 5.32 Å². The topological polar surface area (TPSA) is 42.0 Å². The predicted octanol–water partition coefficient (Wildman–Crippen LogP) is 3.46. The van der Waals surface area contributed by atoms with E-state index in [4.69, 9.17) is 0 Å². The molecule has 0 atom stereocenters. The van der Waals surface area contributed by atoms with Crippen molar-refractivity contribution in [2.45, 2.75) is 26.8 Å². The molecular formula is C16H18N2O. The first-order valence-corrected chi connectivity index (χ1v) is 6.48. The van der Waals surface area contributed by atoms with Gasteiger partial charge in [0.2, 0.25) is 0 Å². The molecule has 1 aromatic heterocycles. The first kappa shape index (κ1) is 13.3. The molecule has 0 spiro atoms. The number of hydrogen-bond acceptors (Lipinski definition) is 3. The molecule has 0 saturated carbocycles. The van der Waals surface area contributed by atoms with Gasteiger partial charge in [-0.2, -0.15) is 0 Å². The molecule has 0 bridgehead atoms. The van der Waals surface area contributed by atoms with Gasteiger partial charge in [0.05, 0.1) is 12.2 Å². The van der Waals surface area contributed by atoms with Crippen LogP contribution in [-0.4, -0.2) is 10.8 Å². The Morgan fingerprint density at radius 3 is 2.58 bits per heavy atom. The Labute approximate surface area is 113 Å². The predicted molar refractivity (Wildman–Crippen MR) is 77.4 cm³/mol. The minimum Gasteiger partial charge on any atom is -0.379 e. The van der Waals surface area contributed by atoms with Crippen molar-refractivity contribution in [2.75, 3.05) is 5.32 Å². The Morgan fingerprint density at radius 1 is 1.21 bits per heavy atom. The third-order valence-corrected chi connectivity index (χ3v) is 3.12. The van der Waals surface area contributed by atoms with Gasteiger partial charge >= 0.3 is 0 Å². The average molecular weight is 254 g/mol. The molecule has 0 radical (unpaired) electrons. The van der Waals surface area contributed by atoms with Crippen LogP contribution in [0.5, 0.6) is 0 Å². The minimum atomic E-state index is 0.0875. The number of rotatable bonds is 5. The summed E-state index contributed by atoms with van der Waals surface area (Å²) in [4.78, 5) is 15.6. The lowest BCUT2D eigenvalue weighted by Gasteiger charge is -2.09. The summed E-state index contributed by atoms with van der Waals surface area (Å²) in [6.07, 6.45) is 2.79. The Hall–Kier alpha value is -2.16. The van der Waals surface area contributed by atoms with E-state index in [1.54, 1.807) is 6.92 Å². The Balaban J connectivity index is 2.04. The van der Waals surface area contributed by atoms with Crippen molar-refractivity contribution in [2.24, 2.45) is 0 Å². The van der Waals surface area contributed by atoms with E-state index in [0.717, 1.165) is 23.4 Å². The maximum atomic E-state index is 11.2. The number of pyridine rings is 1. The number of Topliss-reactive ketones (excluding diaryl/α,β-unsaturated/α-hetero) is 1. The fourth-order valence-corrected chi connectivity index (χ4v) is 1.96. The highest BCUT2D eigenvalue weighted by molar-refractivity contribution is 5.94. The SMILES string of the molecule is CCc1cccnc1CNc1ccc(C(C)=O)cc1. The largest absolute Gasteiger partial charge is 0.379 e. The number of aryl methyl sites for hydroxylation is 1. The van der Waals surface area contributed by atoms with E-state index in [-0.39, 0.29) is 5.78 Å². The van der Waals surface area contributed by atoms with Crippen molar-refractivity contribution in [3.63, 3.8) is 0 Å². The first-order chi connectivity index (χ1) is 9.20. The van der Waals surface area contributed by atoms with Crippen LogP contribution in [0.2, 0.25) is 0 Å². The van der Waals surface area contributed by atoms with Gasteiger partial charge in [-0.05, 0) is 49.2 Å². The molecule has 2 rings (SSSR count). The molecule has 0 unspecified atom stereocenters. The summed E-state index contributed by atoms with van der Waals surface area (Å²) in [7, 11) is 0. The number of carbonyl (C=O) groups excluding carboxylic acids is 1. The summed E-state index contributed by atoms with van der Waals surface area (Å²) in [5.74, 6) is 0.0875. The number of hydrogen-bond donors (Lipinski definition) is 1. The van der Waals surface area contributed by atoms with Gasteiger partial charge in [-0.3, -0.25) is 9.78 Å². The van der Waals surface area contributed by atoms with Crippen LogP contribution in [-0.2, 0) is 13.0 Å². The zero-order chi connectivity index (χ0) is 13.7. The van der Waals surface area contributed by atoms with Crippen molar-refractivity contribution in [1.29, 1.82) is 0 Å². The standard InChI is InChI=1S/C16H18N2O/c1-3-13-5-4-10-17-16(13)11-18-15-8-6-14(7-9-15)12(2)19/h4-10,18H,3,11H2,1-2H3. The number of nitrogens with zero attached hydrogens (tertiary/aromatic N) is 1. The second-order valence-corrected chi connectivity index (χ2v) is 4.45. The molecule has 0 aliphatic heterocycles. The van der Waals surface area contributed by atoms with Crippen LogP contribution in [0.3, 0.4) is 0 Å². The maximum Gasteiger partial charge on any atom is 0.159 e. The van der Waals surface area contributed by atoms with E-state index in [1.807, 2.05) is 36.5 Å². The van der Waals surface area contributed by atoms with Crippen LogP contribution in [0.15, 0.2) is 42.6 Å². The van der Waals surface area contributed by atoms with E-state index in [1.165, 1.54) is 5.56 Å². The quantitative estimate of drug-likeness (QED) is 0.831. The average Bonchev–Trinajstić information content (AvgIpc) is 2.45. The number of anilines is 1. The van der Waals surface area contributed by atoms with Gasteiger partial charge in [0, 0.05) is 17.4 Å². The maximum absolute atomic E-state index is 11.2. The van der Waals surface area contributed by atoms with Crippen molar-refractivity contribution < 1.29 is 4.79 Å². The minimum absolute atomic E-state index is 0.0875. The zero-order valence-corrected chi connectivity index (χ0v) is 11.3. The highest BCUT2D eigenvalue weighted by Gasteiger charge is 2.02. The van der Waals surface area contributed by atoms with Crippen molar-refractivity contribution >= 4 is 11.5 Å². The van der Waals surface area contributed by atoms with E-state index in [9.17, 15) is 4.79 Å². The molecule has 98 valence electrons. The molecule has 19 heavy (non-hydrogen) atoms. The lowest BCUT2D eigenvalue weighted by atomic mass is 10.1. The molecule has 3 nitrogen and oxygen atoms in total. The zero-order valence-electron chi connectivity index (χ0n) is 11.3. The van der Waals surface area contributed by atoms with Crippen LogP contribution in [0, 0.1) is 0 Å². The number of nitrogens with one attached hydrogen (secondary N) is 1. The molecule has 0 aliphatic rings.